The second-order valence-corrected chi connectivity index (χ2v) is 3.96. The largest absolute Gasteiger partial charge is 0.313 e. The molecule has 0 aromatic rings. The Morgan fingerprint density at radius 1 is 1.42 bits per heavy atom. The first kappa shape index (κ1) is 11.9. The van der Waals surface area contributed by atoms with Gasteiger partial charge in [-0.05, 0) is 33.7 Å². The van der Waals surface area contributed by atoms with E-state index < -0.39 is 0 Å². The Kier molecular flexibility index (Phi) is 4.80. The van der Waals surface area contributed by atoms with Crippen LogP contribution in [-0.4, -0.2) is 23.7 Å². The monoisotopic (exact) mass is 172 g/mol. The van der Waals surface area contributed by atoms with Gasteiger partial charge in [-0.1, -0.05) is 20.3 Å². The summed E-state index contributed by atoms with van der Waals surface area (Å²) in [5.41, 5.74) is 5.97. The molecule has 74 valence electrons. The van der Waals surface area contributed by atoms with Crippen molar-refractivity contribution in [3.63, 3.8) is 0 Å². The molecule has 0 radical (unpaired) electrons. The van der Waals surface area contributed by atoms with Gasteiger partial charge in [0.05, 0.1) is 5.66 Å². The van der Waals surface area contributed by atoms with Gasteiger partial charge in [0.2, 0.25) is 0 Å². The standard InChI is InChI=1S/C10H24N2/c1-6-8-9(3)12(5)10(4,11)7-2/h9H,6-8,11H2,1-5H3. The Morgan fingerprint density at radius 3 is 2.25 bits per heavy atom. The van der Waals surface area contributed by atoms with Crippen LogP contribution < -0.4 is 5.73 Å². The predicted octanol–water partition coefficient (Wildman–Crippen LogP) is 2.19. The summed E-state index contributed by atoms with van der Waals surface area (Å²) in [6, 6.07) is 0.588. The summed E-state index contributed by atoms with van der Waals surface area (Å²) in [6.45, 7) is 8.68. The molecule has 2 unspecified atom stereocenters. The molecule has 0 fully saturated rings. The Labute approximate surface area is 77.1 Å². The summed E-state index contributed by atoms with van der Waals surface area (Å²) in [5, 5.41) is 0. The number of rotatable bonds is 5. The number of hydrogen-bond donors (Lipinski definition) is 1. The van der Waals surface area contributed by atoms with Gasteiger partial charge in [0.1, 0.15) is 0 Å². The molecule has 2 atom stereocenters. The second-order valence-electron chi connectivity index (χ2n) is 3.96. The van der Waals surface area contributed by atoms with Crippen molar-refractivity contribution in [2.24, 2.45) is 5.73 Å². The SMILES string of the molecule is CCCC(C)N(C)C(C)(N)CC. The van der Waals surface area contributed by atoms with Crippen LogP contribution in [0.4, 0.5) is 0 Å². The van der Waals surface area contributed by atoms with Gasteiger partial charge in [-0.3, -0.25) is 4.90 Å². The zero-order chi connectivity index (χ0) is 9.78. The molecule has 0 heterocycles. The topological polar surface area (TPSA) is 29.3 Å². The van der Waals surface area contributed by atoms with E-state index >= 15 is 0 Å². The van der Waals surface area contributed by atoms with Crippen molar-refractivity contribution in [3.05, 3.63) is 0 Å². The molecule has 0 rings (SSSR count). The van der Waals surface area contributed by atoms with Crippen LogP contribution in [0.15, 0.2) is 0 Å². The summed E-state index contributed by atoms with van der Waals surface area (Å²) < 4.78 is 0. The second kappa shape index (κ2) is 4.83. The molecule has 0 spiro atoms. The molecule has 0 saturated carbocycles. The van der Waals surface area contributed by atoms with Gasteiger partial charge < -0.3 is 5.73 Å². The Hall–Kier alpha value is -0.0800. The minimum absolute atomic E-state index is 0.144. The minimum atomic E-state index is -0.144. The van der Waals surface area contributed by atoms with E-state index in [0.717, 1.165) is 6.42 Å². The normalized spacial score (nSPS) is 19.2. The minimum Gasteiger partial charge on any atom is -0.313 e. The molecule has 2 heteroatoms. The van der Waals surface area contributed by atoms with Gasteiger partial charge in [0, 0.05) is 6.04 Å². The van der Waals surface area contributed by atoms with Gasteiger partial charge in [-0.25, -0.2) is 0 Å². The molecular formula is C10H24N2. The van der Waals surface area contributed by atoms with Gasteiger partial charge in [0.15, 0.2) is 0 Å². The van der Waals surface area contributed by atoms with E-state index in [1.54, 1.807) is 0 Å². The first-order valence-electron chi connectivity index (χ1n) is 4.97. The fourth-order valence-corrected chi connectivity index (χ4v) is 1.36. The highest BCUT2D eigenvalue weighted by Crippen LogP contribution is 2.16. The van der Waals surface area contributed by atoms with Gasteiger partial charge in [-0.2, -0.15) is 0 Å². The van der Waals surface area contributed by atoms with Crippen molar-refractivity contribution in [3.8, 4) is 0 Å². The van der Waals surface area contributed by atoms with Crippen LogP contribution in [0.5, 0.6) is 0 Å². The van der Waals surface area contributed by atoms with Gasteiger partial charge >= 0.3 is 0 Å². The van der Waals surface area contributed by atoms with Crippen LogP contribution in [-0.2, 0) is 0 Å². The highest BCUT2D eigenvalue weighted by Gasteiger charge is 2.24. The third-order valence-electron chi connectivity index (χ3n) is 2.89. The molecule has 0 aliphatic rings. The van der Waals surface area contributed by atoms with E-state index in [-0.39, 0.29) is 5.66 Å². The number of nitrogens with two attached hydrogens (primary N) is 1. The van der Waals surface area contributed by atoms with Crippen LogP contribution in [0.1, 0.15) is 47.0 Å². The highest BCUT2D eigenvalue weighted by atomic mass is 15.3. The predicted molar refractivity (Wildman–Crippen MR) is 55.0 cm³/mol. The first-order chi connectivity index (χ1) is 5.45. The molecule has 12 heavy (non-hydrogen) atoms. The van der Waals surface area contributed by atoms with E-state index in [1.807, 2.05) is 0 Å². The van der Waals surface area contributed by atoms with E-state index in [1.165, 1.54) is 12.8 Å². The van der Waals surface area contributed by atoms with Crippen molar-refractivity contribution in [1.29, 1.82) is 0 Å². The van der Waals surface area contributed by atoms with Crippen molar-refractivity contribution in [2.75, 3.05) is 7.05 Å². The Morgan fingerprint density at radius 2 is 1.92 bits per heavy atom. The van der Waals surface area contributed by atoms with Crippen LogP contribution in [0, 0.1) is 0 Å². The summed E-state index contributed by atoms with van der Waals surface area (Å²) in [5.74, 6) is 0. The quantitative estimate of drug-likeness (QED) is 0.644. The third kappa shape index (κ3) is 3.11. The van der Waals surface area contributed by atoms with E-state index in [0.29, 0.717) is 6.04 Å². The molecule has 2 nitrogen and oxygen atoms in total. The first-order valence-corrected chi connectivity index (χ1v) is 4.97. The lowest BCUT2D eigenvalue weighted by molar-refractivity contribution is 0.0901. The number of hydrogen-bond acceptors (Lipinski definition) is 2. The van der Waals surface area contributed by atoms with E-state index in [2.05, 4.69) is 39.6 Å². The van der Waals surface area contributed by atoms with E-state index in [9.17, 15) is 0 Å². The lowest BCUT2D eigenvalue weighted by Crippen LogP contribution is -2.54. The van der Waals surface area contributed by atoms with Crippen molar-refractivity contribution < 1.29 is 0 Å². The molecule has 0 aliphatic heterocycles. The zero-order valence-electron chi connectivity index (χ0n) is 9.22. The average molecular weight is 172 g/mol. The molecule has 0 aliphatic carbocycles. The average Bonchev–Trinajstić information content (AvgIpc) is 2.03. The van der Waals surface area contributed by atoms with Gasteiger partial charge in [0.25, 0.3) is 0 Å². The molecular weight excluding hydrogens is 148 g/mol. The fourth-order valence-electron chi connectivity index (χ4n) is 1.36. The molecule has 2 N–H and O–H groups in total. The lowest BCUT2D eigenvalue weighted by Gasteiger charge is -2.39. The Bertz CT molecular complexity index is 121. The number of nitrogens with zero attached hydrogens (tertiary/aromatic N) is 1. The summed E-state index contributed by atoms with van der Waals surface area (Å²) in [6.07, 6.45) is 3.45. The van der Waals surface area contributed by atoms with E-state index in [4.69, 9.17) is 5.73 Å². The van der Waals surface area contributed by atoms with Crippen LogP contribution in [0.25, 0.3) is 0 Å². The smallest absolute Gasteiger partial charge is 0.0655 e. The van der Waals surface area contributed by atoms with Crippen molar-refractivity contribution >= 4 is 0 Å². The van der Waals surface area contributed by atoms with Crippen LogP contribution in [0.2, 0.25) is 0 Å². The molecule has 0 amide bonds. The maximum absolute atomic E-state index is 6.12. The van der Waals surface area contributed by atoms with Crippen molar-refractivity contribution in [2.45, 2.75) is 58.7 Å². The fraction of sp³-hybridized carbons (Fsp3) is 1.00. The molecule has 0 bridgehead atoms. The maximum Gasteiger partial charge on any atom is 0.0655 e. The zero-order valence-corrected chi connectivity index (χ0v) is 9.22. The molecule has 0 aromatic carbocycles. The summed E-state index contributed by atoms with van der Waals surface area (Å²) in [4.78, 5) is 2.27. The third-order valence-corrected chi connectivity index (χ3v) is 2.89. The van der Waals surface area contributed by atoms with Crippen LogP contribution in [0.3, 0.4) is 0 Å². The van der Waals surface area contributed by atoms with Gasteiger partial charge in [-0.15, -0.1) is 0 Å². The summed E-state index contributed by atoms with van der Waals surface area (Å²) >= 11 is 0. The van der Waals surface area contributed by atoms with Crippen LogP contribution >= 0.6 is 0 Å². The Balaban J connectivity index is 4.07. The lowest BCUT2D eigenvalue weighted by atomic mass is 10.0. The highest BCUT2D eigenvalue weighted by molar-refractivity contribution is 4.79. The maximum atomic E-state index is 6.12. The van der Waals surface area contributed by atoms with Crippen molar-refractivity contribution in [1.82, 2.24) is 4.90 Å². The summed E-state index contributed by atoms with van der Waals surface area (Å²) in [7, 11) is 2.11. The molecule has 0 aromatic heterocycles. The molecule has 0 saturated heterocycles.